The normalized spacial score (nSPS) is 29.0. The Morgan fingerprint density at radius 3 is 2.46 bits per heavy atom. The van der Waals surface area contributed by atoms with E-state index in [9.17, 15) is 15.0 Å². The summed E-state index contributed by atoms with van der Waals surface area (Å²) in [6.07, 6.45) is 1.08. The molecular weight excluding hydrogens is 190 g/mol. The Morgan fingerprint density at radius 2 is 2.00 bits per heavy atom. The van der Waals surface area contributed by atoms with Crippen LogP contribution in [0.1, 0.15) is 6.42 Å². The van der Waals surface area contributed by atoms with Crippen molar-refractivity contribution in [1.82, 2.24) is 4.90 Å². The van der Waals surface area contributed by atoms with Crippen molar-refractivity contribution in [3.63, 3.8) is 0 Å². The zero-order chi connectivity index (χ0) is 9.84. The van der Waals surface area contributed by atoms with Gasteiger partial charge in [0.05, 0.1) is 18.0 Å². The first-order valence-corrected chi connectivity index (χ1v) is 5.65. The van der Waals surface area contributed by atoms with Gasteiger partial charge in [-0.05, 0) is 6.26 Å². The van der Waals surface area contributed by atoms with Crippen LogP contribution in [0.5, 0.6) is 0 Å². The zero-order valence-corrected chi connectivity index (χ0v) is 8.46. The molecule has 13 heavy (non-hydrogen) atoms. The van der Waals surface area contributed by atoms with Gasteiger partial charge in [0.25, 0.3) is 0 Å². The van der Waals surface area contributed by atoms with Crippen LogP contribution < -0.4 is 0 Å². The topological polar surface area (TPSA) is 60.8 Å². The van der Waals surface area contributed by atoms with Crippen molar-refractivity contribution in [3.05, 3.63) is 0 Å². The molecule has 0 aromatic heterocycles. The number of likely N-dealkylation sites (tertiary alicyclic amines) is 1. The maximum Gasteiger partial charge on any atom is 0.232 e. The lowest BCUT2D eigenvalue weighted by atomic mass is 10.1. The number of amides is 1. The highest BCUT2D eigenvalue weighted by Crippen LogP contribution is 2.11. The Labute approximate surface area is 81.9 Å². The van der Waals surface area contributed by atoms with Crippen LogP contribution in [-0.4, -0.2) is 58.3 Å². The second kappa shape index (κ2) is 4.83. The van der Waals surface area contributed by atoms with E-state index in [1.807, 2.05) is 6.26 Å². The van der Waals surface area contributed by atoms with E-state index >= 15 is 0 Å². The highest BCUT2D eigenvalue weighted by molar-refractivity contribution is 7.99. The van der Waals surface area contributed by atoms with Gasteiger partial charge in [-0.2, -0.15) is 11.8 Å². The molecule has 4 nitrogen and oxygen atoms in total. The van der Waals surface area contributed by atoms with E-state index in [1.165, 1.54) is 16.7 Å². The van der Waals surface area contributed by atoms with Gasteiger partial charge in [0.2, 0.25) is 5.91 Å². The predicted octanol–water partition coefficient (Wildman–Crippen LogP) is -0.697. The van der Waals surface area contributed by atoms with Crippen molar-refractivity contribution >= 4 is 17.7 Å². The van der Waals surface area contributed by atoms with Crippen molar-refractivity contribution in [3.8, 4) is 0 Å². The minimum absolute atomic E-state index is 0.00898. The number of nitrogens with zero attached hydrogens (tertiary/aromatic N) is 1. The van der Waals surface area contributed by atoms with Crippen LogP contribution in [0.2, 0.25) is 0 Å². The number of β-amino-alcohol motifs (C(OH)–C–C–N with tert-alkyl or cyclic N) is 2. The molecule has 1 rings (SSSR count). The molecule has 76 valence electrons. The third-order valence-electron chi connectivity index (χ3n) is 2.03. The maximum atomic E-state index is 11.4. The third-order valence-corrected chi connectivity index (χ3v) is 2.56. The van der Waals surface area contributed by atoms with Gasteiger partial charge in [0.15, 0.2) is 0 Å². The Hall–Kier alpha value is -0.260. The zero-order valence-electron chi connectivity index (χ0n) is 7.64. The van der Waals surface area contributed by atoms with E-state index in [-0.39, 0.29) is 5.91 Å². The molecule has 1 fully saturated rings. The molecule has 0 saturated carbocycles. The van der Waals surface area contributed by atoms with Crippen LogP contribution in [0, 0.1) is 0 Å². The average molecular weight is 205 g/mol. The Balaban J connectivity index is 2.45. The second-order valence-corrected chi connectivity index (χ2v) is 4.14. The molecule has 5 heteroatoms. The summed E-state index contributed by atoms with van der Waals surface area (Å²) in [4.78, 5) is 12.9. The molecule has 1 saturated heterocycles. The number of piperidine rings is 1. The summed E-state index contributed by atoms with van der Waals surface area (Å²) < 4.78 is 0. The fraction of sp³-hybridized carbons (Fsp3) is 0.875. The third kappa shape index (κ3) is 3.17. The van der Waals surface area contributed by atoms with E-state index in [1.54, 1.807) is 0 Å². The Bertz CT molecular complexity index is 178. The number of thioether (sulfide) groups is 1. The summed E-state index contributed by atoms with van der Waals surface area (Å²) in [7, 11) is 0. The molecule has 2 N–H and O–H groups in total. The van der Waals surface area contributed by atoms with Gasteiger partial charge >= 0.3 is 0 Å². The summed E-state index contributed by atoms with van der Waals surface area (Å²) in [5, 5.41) is 18.6. The number of rotatable bonds is 2. The van der Waals surface area contributed by atoms with Gasteiger partial charge in [0, 0.05) is 19.5 Å². The van der Waals surface area contributed by atoms with Crippen LogP contribution >= 0.6 is 11.8 Å². The van der Waals surface area contributed by atoms with E-state index < -0.39 is 12.2 Å². The van der Waals surface area contributed by atoms with E-state index in [4.69, 9.17) is 0 Å². The molecular formula is C8H15NO3S. The fourth-order valence-corrected chi connectivity index (χ4v) is 1.89. The van der Waals surface area contributed by atoms with Gasteiger partial charge < -0.3 is 15.1 Å². The molecule has 0 spiro atoms. The largest absolute Gasteiger partial charge is 0.391 e. The first-order chi connectivity index (χ1) is 6.13. The quantitative estimate of drug-likeness (QED) is 0.626. The van der Waals surface area contributed by atoms with Crippen molar-refractivity contribution < 1.29 is 15.0 Å². The smallest absolute Gasteiger partial charge is 0.232 e. The van der Waals surface area contributed by atoms with E-state index in [2.05, 4.69) is 0 Å². The lowest BCUT2D eigenvalue weighted by Gasteiger charge is -2.33. The number of carbonyl (C=O) groups is 1. The predicted molar refractivity (Wildman–Crippen MR) is 51.6 cm³/mol. The summed E-state index contributed by atoms with van der Waals surface area (Å²) >= 11 is 1.45. The Kier molecular flexibility index (Phi) is 4.02. The molecule has 0 unspecified atom stereocenters. The summed E-state index contributed by atoms with van der Waals surface area (Å²) in [6.45, 7) is 0.715. The van der Waals surface area contributed by atoms with E-state index in [0.29, 0.717) is 25.3 Å². The molecule has 0 radical (unpaired) electrons. The number of aliphatic hydroxyl groups is 2. The average Bonchev–Trinajstić information content (AvgIpc) is 2.03. The van der Waals surface area contributed by atoms with Crippen molar-refractivity contribution in [2.45, 2.75) is 18.6 Å². The minimum Gasteiger partial charge on any atom is -0.391 e. The first-order valence-electron chi connectivity index (χ1n) is 4.26. The monoisotopic (exact) mass is 205 g/mol. The number of hydrogen-bond donors (Lipinski definition) is 2. The minimum atomic E-state index is -0.574. The van der Waals surface area contributed by atoms with Crippen LogP contribution in [0.15, 0.2) is 0 Å². The highest BCUT2D eigenvalue weighted by atomic mass is 32.2. The van der Waals surface area contributed by atoms with Crippen molar-refractivity contribution in [2.75, 3.05) is 25.1 Å². The van der Waals surface area contributed by atoms with Crippen LogP contribution in [-0.2, 0) is 4.79 Å². The van der Waals surface area contributed by atoms with Crippen molar-refractivity contribution in [1.29, 1.82) is 0 Å². The number of carbonyl (C=O) groups excluding carboxylic acids is 1. The summed E-state index contributed by atoms with van der Waals surface area (Å²) in [5.74, 6) is 0.407. The second-order valence-electron chi connectivity index (χ2n) is 3.28. The Morgan fingerprint density at radius 1 is 1.46 bits per heavy atom. The van der Waals surface area contributed by atoms with E-state index in [0.717, 1.165) is 0 Å². The van der Waals surface area contributed by atoms with Crippen LogP contribution in [0.25, 0.3) is 0 Å². The maximum absolute atomic E-state index is 11.4. The van der Waals surface area contributed by atoms with Crippen molar-refractivity contribution in [2.24, 2.45) is 0 Å². The molecule has 0 bridgehead atoms. The van der Waals surface area contributed by atoms with Gasteiger partial charge in [-0.1, -0.05) is 0 Å². The molecule has 2 atom stereocenters. The highest BCUT2D eigenvalue weighted by Gasteiger charge is 2.26. The number of hydrogen-bond acceptors (Lipinski definition) is 4. The molecule has 1 amide bonds. The standard InChI is InChI=1S/C8H15NO3S/c1-13-5-8(12)9-3-6(10)2-7(11)4-9/h6-7,10-11H,2-5H2,1H3/t6-,7+. The fourth-order valence-electron chi connectivity index (χ4n) is 1.46. The van der Waals surface area contributed by atoms with Gasteiger partial charge in [-0.15, -0.1) is 0 Å². The lowest BCUT2D eigenvalue weighted by molar-refractivity contribution is -0.134. The van der Waals surface area contributed by atoms with Crippen LogP contribution in [0.4, 0.5) is 0 Å². The summed E-state index contributed by atoms with van der Waals surface area (Å²) in [6, 6.07) is 0. The first kappa shape index (κ1) is 10.8. The lowest BCUT2D eigenvalue weighted by Crippen LogP contribution is -2.48. The number of aliphatic hydroxyl groups excluding tert-OH is 2. The SMILES string of the molecule is CSCC(=O)N1C[C@H](O)C[C@H](O)C1. The summed E-state index contributed by atoms with van der Waals surface area (Å²) in [5.41, 5.74) is 0. The van der Waals surface area contributed by atoms with Gasteiger partial charge in [0.1, 0.15) is 0 Å². The molecule has 0 aliphatic carbocycles. The van der Waals surface area contributed by atoms with Crippen LogP contribution in [0.3, 0.4) is 0 Å². The molecule has 1 aliphatic heterocycles. The van der Waals surface area contributed by atoms with Gasteiger partial charge in [-0.25, -0.2) is 0 Å². The molecule has 0 aromatic carbocycles. The van der Waals surface area contributed by atoms with Gasteiger partial charge in [-0.3, -0.25) is 4.79 Å². The molecule has 1 heterocycles. The molecule has 0 aromatic rings. The molecule has 1 aliphatic rings.